The number of carbonyl (C=O) groups is 2. The molecule has 1 aromatic heterocycles. The lowest BCUT2D eigenvalue weighted by Crippen LogP contribution is -2.48. The normalized spacial score (nSPS) is 14.8. The molecule has 6 nitrogen and oxygen atoms in total. The Morgan fingerprint density at radius 3 is 2.37 bits per heavy atom. The van der Waals surface area contributed by atoms with E-state index < -0.39 is 0 Å². The molecule has 142 valence electrons. The van der Waals surface area contributed by atoms with Crippen LogP contribution in [0.4, 0.5) is 11.4 Å². The minimum absolute atomic E-state index is 0.0244. The van der Waals surface area contributed by atoms with Crippen molar-refractivity contribution in [2.75, 3.05) is 31.5 Å². The molecular weight excluding hydrogens is 340 g/mol. The van der Waals surface area contributed by atoms with Crippen LogP contribution in [0.2, 0.25) is 0 Å². The van der Waals surface area contributed by atoms with E-state index in [2.05, 4.69) is 37.1 Å². The van der Waals surface area contributed by atoms with Crippen LogP contribution >= 0.6 is 0 Å². The van der Waals surface area contributed by atoms with Gasteiger partial charge in [0.05, 0.1) is 11.9 Å². The summed E-state index contributed by atoms with van der Waals surface area (Å²) < 4.78 is 0. The number of hydrogen-bond donors (Lipinski definition) is 1. The van der Waals surface area contributed by atoms with E-state index >= 15 is 0 Å². The maximum atomic E-state index is 12.6. The molecule has 0 atom stereocenters. The molecule has 27 heavy (non-hydrogen) atoms. The summed E-state index contributed by atoms with van der Waals surface area (Å²) in [5.41, 5.74) is 3.55. The van der Waals surface area contributed by atoms with Gasteiger partial charge in [0.2, 0.25) is 6.41 Å². The number of amides is 2. The highest BCUT2D eigenvalue weighted by molar-refractivity contribution is 5.92. The largest absolute Gasteiger partial charge is 0.354 e. The summed E-state index contributed by atoms with van der Waals surface area (Å²) >= 11 is 0. The quantitative estimate of drug-likeness (QED) is 0.845. The first-order valence-electron chi connectivity index (χ1n) is 9.20. The van der Waals surface area contributed by atoms with Crippen molar-refractivity contribution in [2.45, 2.75) is 26.2 Å². The predicted molar refractivity (Wildman–Crippen MR) is 106 cm³/mol. The van der Waals surface area contributed by atoms with Crippen LogP contribution in [0.5, 0.6) is 0 Å². The first-order chi connectivity index (χ1) is 12.9. The molecule has 0 unspecified atom stereocenters. The van der Waals surface area contributed by atoms with E-state index in [9.17, 15) is 9.59 Å². The van der Waals surface area contributed by atoms with Gasteiger partial charge in [-0.3, -0.25) is 9.59 Å². The number of piperazine rings is 1. The van der Waals surface area contributed by atoms with E-state index in [1.54, 1.807) is 22.1 Å². The zero-order valence-electron chi connectivity index (χ0n) is 16.1. The molecule has 0 radical (unpaired) electrons. The molecule has 2 amide bonds. The Morgan fingerprint density at radius 2 is 1.78 bits per heavy atom. The topological polar surface area (TPSA) is 65.5 Å². The molecule has 1 N–H and O–H groups in total. The van der Waals surface area contributed by atoms with E-state index in [1.807, 2.05) is 24.3 Å². The third-order valence-corrected chi connectivity index (χ3v) is 4.75. The lowest BCUT2D eigenvalue weighted by molar-refractivity contribution is -0.119. The van der Waals surface area contributed by atoms with Crippen molar-refractivity contribution in [1.82, 2.24) is 14.8 Å². The number of rotatable bonds is 4. The third kappa shape index (κ3) is 4.45. The summed E-state index contributed by atoms with van der Waals surface area (Å²) in [6.07, 6.45) is 2.52. The van der Waals surface area contributed by atoms with Gasteiger partial charge in [-0.2, -0.15) is 0 Å². The predicted octanol–water partition coefficient (Wildman–Crippen LogP) is 3.04. The highest BCUT2D eigenvalue weighted by atomic mass is 16.2. The molecule has 2 aromatic rings. The van der Waals surface area contributed by atoms with Crippen LogP contribution < -0.4 is 5.32 Å². The Kier molecular flexibility index (Phi) is 5.44. The SMILES string of the molecule is CC(C)(C)c1ccccc1Nc1ccc(C(=O)N2CCN(C=O)CC2)nc1. The van der Waals surface area contributed by atoms with Gasteiger partial charge in [-0.25, -0.2) is 4.98 Å². The van der Waals surface area contributed by atoms with Crippen molar-refractivity contribution >= 4 is 23.7 Å². The van der Waals surface area contributed by atoms with Gasteiger partial charge in [0, 0.05) is 31.9 Å². The van der Waals surface area contributed by atoms with Crippen molar-refractivity contribution in [3.63, 3.8) is 0 Å². The number of nitrogens with zero attached hydrogens (tertiary/aromatic N) is 3. The first kappa shape index (κ1) is 18.9. The molecule has 0 bridgehead atoms. The molecule has 0 spiro atoms. The van der Waals surface area contributed by atoms with E-state index in [1.165, 1.54) is 5.56 Å². The number of para-hydroxylation sites is 1. The highest BCUT2D eigenvalue weighted by Gasteiger charge is 2.22. The van der Waals surface area contributed by atoms with Gasteiger partial charge in [0.25, 0.3) is 5.91 Å². The Morgan fingerprint density at radius 1 is 1.07 bits per heavy atom. The minimum atomic E-state index is -0.0952. The van der Waals surface area contributed by atoms with Crippen LogP contribution in [-0.2, 0) is 10.2 Å². The van der Waals surface area contributed by atoms with E-state index in [0.29, 0.717) is 31.9 Å². The van der Waals surface area contributed by atoms with Crippen LogP contribution in [-0.4, -0.2) is 53.3 Å². The van der Waals surface area contributed by atoms with Gasteiger partial charge in [0.1, 0.15) is 5.69 Å². The average Bonchev–Trinajstić information content (AvgIpc) is 2.68. The zero-order chi connectivity index (χ0) is 19.4. The summed E-state index contributed by atoms with van der Waals surface area (Å²) in [5.74, 6) is -0.0952. The Balaban J connectivity index is 1.70. The monoisotopic (exact) mass is 366 g/mol. The Hall–Kier alpha value is -2.89. The summed E-state index contributed by atoms with van der Waals surface area (Å²) in [6.45, 7) is 8.75. The van der Waals surface area contributed by atoms with Gasteiger partial charge in [-0.05, 0) is 29.2 Å². The number of pyridine rings is 1. The molecule has 0 aliphatic carbocycles. The first-order valence-corrected chi connectivity index (χ1v) is 9.20. The molecule has 6 heteroatoms. The highest BCUT2D eigenvalue weighted by Crippen LogP contribution is 2.31. The van der Waals surface area contributed by atoms with Gasteiger partial charge >= 0.3 is 0 Å². The molecule has 2 heterocycles. The summed E-state index contributed by atoms with van der Waals surface area (Å²) in [7, 11) is 0. The number of aromatic nitrogens is 1. The number of carbonyl (C=O) groups excluding carboxylic acids is 2. The van der Waals surface area contributed by atoms with Gasteiger partial charge in [-0.1, -0.05) is 39.0 Å². The second kappa shape index (κ2) is 7.78. The fourth-order valence-corrected chi connectivity index (χ4v) is 3.19. The molecule has 1 saturated heterocycles. The average molecular weight is 366 g/mol. The standard InChI is InChI=1S/C21H26N4O2/c1-21(2,3)17-6-4-5-7-18(17)23-16-8-9-19(22-14-16)20(27)25-12-10-24(15-26)11-13-25/h4-9,14-15,23H,10-13H2,1-3H3. The van der Waals surface area contributed by atoms with Crippen molar-refractivity contribution in [3.8, 4) is 0 Å². The summed E-state index contributed by atoms with van der Waals surface area (Å²) in [6, 6.07) is 11.8. The zero-order valence-corrected chi connectivity index (χ0v) is 16.1. The second-order valence-corrected chi connectivity index (χ2v) is 7.79. The van der Waals surface area contributed by atoms with E-state index in [-0.39, 0.29) is 11.3 Å². The molecule has 1 fully saturated rings. The molecule has 1 aliphatic rings. The molecule has 1 aliphatic heterocycles. The van der Waals surface area contributed by atoms with Crippen molar-refractivity contribution in [1.29, 1.82) is 0 Å². The lowest BCUT2D eigenvalue weighted by Gasteiger charge is -2.32. The number of anilines is 2. The fourth-order valence-electron chi connectivity index (χ4n) is 3.19. The molecule has 1 aromatic carbocycles. The molecular formula is C21H26N4O2. The van der Waals surface area contributed by atoms with Crippen molar-refractivity contribution in [3.05, 3.63) is 53.9 Å². The molecule has 0 saturated carbocycles. The van der Waals surface area contributed by atoms with Crippen LogP contribution in [0.25, 0.3) is 0 Å². The maximum absolute atomic E-state index is 12.6. The van der Waals surface area contributed by atoms with Crippen molar-refractivity contribution in [2.24, 2.45) is 0 Å². The van der Waals surface area contributed by atoms with Gasteiger partial charge < -0.3 is 15.1 Å². The summed E-state index contributed by atoms with van der Waals surface area (Å²) in [4.78, 5) is 31.1. The molecule has 3 rings (SSSR count). The van der Waals surface area contributed by atoms with Crippen LogP contribution in [0, 0.1) is 0 Å². The van der Waals surface area contributed by atoms with E-state index in [0.717, 1.165) is 17.8 Å². The Bertz CT molecular complexity index is 804. The Labute approximate surface area is 160 Å². The van der Waals surface area contributed by atoms with Crippen LogP contribution in [0.1, 0.15) is 36.8 Å². The maximum Gasteiger partial charge on any atom is 0.272 e. The smallest absolute Gasteiger partial charge is 0.272 e. The minimum Gasteiger partial charge on any atom is -0.354 e. The van der Waals surface area contributed by atoms with Crippen LogP contribution in [0.3, 0.4) is 0 Å². The van der Waals surface area contributed by atoms with Crippen LogP contribution in [0.15, 0.2) is 42.6 Å². The van der Waals surface area contributed by atoms with Crippen molar-refractivity contribution < 1.29 is 9.59 Å². The second-order valence-electron chi connectivity index (χ2n) is 7.79. The number of benzene rings is 1. The summed E-state index contributed by atoms with van der Waals surface area (Å²) in [5, 5.41) is 3.41. The lowest BCUT2D eigenvalue weighted by atomic mass is 9.86. The number of hydrogen-bond acceptors (Lipinski definition) is 4. The van der Waals surface area contributed by atoms with Gasteiger partial charge in [-0.15, -0.1) is 0 Å². The third-order valence-electron chi connectivity index (χ3n) is 4.75. The fraction of sp³-hybridized carbons (Fsp3) is 0.381. The van der Waals surface area contributed by atoms with E-state index in [4.69, 9.17) is 0 Å². The number of nitrogens with one attached hydrogen (secondary N) is 1. The van der Waals surface area contributed by atoms with Gasteiger partial charge in [0.15, 0.2) is 0 Å².